The van der Waals surface area contributed by atoms with Gasteiger partial charge in [0.05, 0.1) is 7.11 Å². The monoisotopic (exact) mass is 347 g/mol. The van der Waals surface area contributed by atoms with Crippen molar-refractivity contribution in [2.24, 2.45) is 4.99 Å². The van der Waals surface area contributed by atoms with Gasteiger partial charge in [-0.05, 0) is 35.9 Å². The van der Waals surface area contributed by atoms with Crippen LogP contribution in [0.5, 0.6) is 5.75 Å². The largest absolute Gasteiger partial charge is 0.497 e. The molecule has 0 N–H and O–H groups in total. The molecule has 6 nitrogen and oxygen atoms in total. The van der Waals surface area contributed by atoms with Crippen molar-refractivity contribution in [2.75, 3.05) is 7.11 Å². The third-order valence-electron chi connectivity index (χ3n) is 3.92. The number of hydrogen-bond acceptors (Lipinski definition) is 6. The van der Waals surface area contributed by atoms with Gasteiger partial charge in [0.15, 0.2) is 5.70 Å². The fourth-order valence-corrected chi connectivity index (χ4v) is 2.68. The topological polar surface area (TPSA) is 78.1 Å². The summed E-state index contributed by atoms with van der Waals surface area (Å²) in [6, 6.07) is 15.5. The first-order valence-electron chi connectivity index (χ1n) is 7.84. The SMILES string of the molecule is COc1ccc2c(/C=C3\N=C(c4ccccc4)OC3=O)cc(=O)oc2c1. The molecule has 0 bridgehead atoms. The summed E-state index contributed by atoms with van der Waals surface area (Å²) < 4.78 is 15.6. The Kier molecular flexibility index (Phi) is 3.85. The van der Waals surface area contributed by atoms with Gasteiger partial charge in [-0.2, -0.15) is 0 Å². The van der Waals surface area contributed by atoms with Crippen LogP contribution in [0.25, 0.3) is 17.0 Å². The Balaban J connectivity index is 1.82. The van der Waals surface area contributed by atoms with Gasteiger partial charge in [0.25, 0.3) is 0 Å². The van der Waals surface area contributed by atoms with E-state index in [9.17, 15) is 9.59 Å². The molecule has 0 spiro atoms. The molecule has 3 aromatic rings. The Bertz CT molecular complexity index is 1130. The first-order valence-corrected chi connectivity index (χ1v) is 7.84. The predicted molar refractivity (Wildman–Crippen MR) is 96.1 cm³/mol. The molecule has 1 aliphatic rings. The van der Waals surface area contributed by atoms with Gasteiger partial charge < -0.3 is 13.9 Å². The Labute approximate surface area is 148 Å². The number of esters is 1. The number of hydrogen-bond donors (Lipinski definition) is 0. The van der Waals surface area contributed by atoms with Crippen LogP contribution in [0.3, 0.4) is 0 Å². The Hall–Kier alpha value is -3.67. The summed E-state index contributed by atoms with van der Waals surface area (Å²) in [5.74, 6) is 0.227. The van der Waals surface area contributed by atoms with Gasteiger partial charge in [-0.15, -0.1) is 0 Å². The lowest BCUT2D eigenvalue weighted by Crippen LogP contribution is -2.05. The quantitative estimate of drug-likeness (QED) is 0.413. The van der Waals surface area contributed by atoms with Crippen LogP contribution in [0.2, 0.25) is 0 Å². The number of fused-ring (bicyclic) bond motifs is 1. The molecule has 2 heterocycles. The summed E-state index contributed by atoms with van der Waals surface area (Å²) in [6.45, 7) is 0. The highest BCUT2D eigenvalue weighted by atomic mass is 16.6. The van der Waals surface area contributed by atoms with Crippen molar-refractivity contribution in [3.8, 4) is 5.75 Å². The molecule has 1 aromatic heterocycles. The minimum Gasteiger partial charge on any atom is -0.497 e. The Morgan fingerprint density at radius 2 is 1.85 bits per heavy atom. The maximum atomic E-state index is 12.2. The van der Waals surface area contributed by atoms with Gasteiger partial charge in [0.1, 0.15) is 11.3 Å². The van der Waals surface area contributed by atoms with Crippen molar-refractivity contribution in [1.29, 1.82) is 0 Å². The van der Waals surface area contributed by atoms with Crippen LogP contribution in [-0.2, 0) is 9.53 Å². The summed E-state index contributed by atoms with van der Waals surface area (Å²) in [4.78, 5) is 28.3. The number of cyclic esters (lactones) is 1. The third-order valence-corrected chi connectivity index (χ3v) is 3.92. The molecular formula is C20H13NO5. The van der Waals surface area contributed by atoms with Gasteiger partial charge >= 0.3 is 11.6 Å². The van der Waals surface area contributed by atoms with E-state index in [-0.39, 0.29) is 11.6 Å². The van der Waals surface area contributed by atoms with Gasteiger partial charge in [0.2, 0.25) is 5.90 Å². The second-order valence-electron chi connectivity index (χ2n) is 5.58. The lowest BCUT2D eigenvalue weighted by molar-refractivity contribution is -0.129. The van der Waals surface area contributed by atoms with Gasteiger partial charge in [-0.25, -0.2) is 14.6 Å². The van der Waals surface area contributed by atoms with Gasteiger partial charge in [-0.1, -0.05) is 18.2 Å². The fourth-order valence-electron chi connectivity index (χ4n) is 2.68. The number of nitrogens with zero attached hydrogens (tertiary/aromatic N) is 1. The van der Waals surface area contributed by atoms with Crippen LogP contribution in [0.4, 0.5) is 0 Å². The molecule has 2 aromatic carbocycles. The number of aliphatic imine (C=N–C) groups is 1. The maximum absolute atomic E-state index is 12.2. The molecule has 0 radical (unpaired) electrons. The number of rotatable bonds is 3. The second kappa shape index (κ2) is 6.33. The number of methoxy groups -OCH3 is 1. The van der Waals surface area contributed by atoms with E-state index in [1.807, 2.05) is 18.2 Å². The van der Waals surface area contributed by atoms with Crippen molar-refractivity contribution in [3.05, 3.63) is 81.8 Å². The van der Waals surface area contributed by atoms with E-state index in [2.05, 4.69) is 4.99 Å². The molecule has 0 unspecified atom stereocenters. The van der Waals surface area contributed by atoms with Gasteiger partial charge in [-0.3, -0.25) is 0 Å². The van der Waals surface area contributed by atoms with Crippen LogP contribution in [0, 0.1) is 0 Å². The van der Waals surface area contributed by atoms with E-state index in [4.69, 9.17) is 13.9 Å². The third kappa shape index (κ3) is 2.88. The van der Waals surface area contributed by atoms with Crippen LogP contribution >= 0.6 is 0 Å². The first-order chi connectivity index (χ1) is 12.6. The maximum Gasteiger partial charge on any atom is 0.363 e. The minimum absolute atomic E-state index is 0.117. The standard InChI is InChI=1S/C20H13NO5/c1-24-14-7-8-15-13(10-18(22)25-17(15)11-14)9-16-20(23)26-19(21-16)12-5-3-2-4-6-12/h2-11H,1H3/b16-9-. The molecule has 128 valence electrons. The van der Waals surface area contributed by atoms with Crippen molar-refractivity contribution >= 4 is 28.9 Å². The molecule has 0 aliphatic carbocycles. The number of benzene rings is 2. The highest BCUT2D eigenvalue weighted by Gasteiger charge is 2.24. The van der Waals surface area contributed by atoms with Crippen molar-refractivity contribution in [3.63, 3.8) is 0 Å². The number of carbonyl (C=O) groups excluding carboxylic acids is 1. The molecule has 26 heavy (non-hydrogen) atoms. The molecular weight excluding hydrogens is 334 g/mol. The summed E-state index contributed by atoms with van der Waals surface area (Å²) >= 11 is 0. The molecule has 1 aliphatic heterocycles. The molecule has 0 atom stereocenters. The fraction of sp³-hybridized carbons (Fsp3) is 0.0500. The average molecular weight is 347 g/mol. The summed E-state index contributed by atoms with van der Waals surface area (Å²) in [6.07, 6.45) is 1.52. The Morgan fingerprint density at radius 3 is 2.62 bits per heavy atom. The first kappa shape index (κ1) is 15.8. The van der Waals surface area contributed by atoms with E-state index < -0.39 is 11.6 Å². The van der Waals surface area contributed by atoms with Gasteiger partial charge in [0, 0.05) is 23.1 Å². The molecule has 4 rings (SSSR count). The van der Waals surface area contributed by atoms with Crippen LogP contribution in [0.15, 0.2) is 74.5 Å². The number of carbonyl (C=O) groups is 1. The van der Waals surface area contributed by atoms with E-state index in [0.717, 1.165) is 0 Å². The van der Waals surface area contributed by atoms with Crippen LogP contribution in [-0.4, -0.2) is 19.0 Å². The molecule has 0 amide bonds. The smallest absolute Gasteiger partial charge is 0.363 e. The summed E-state index contributed by atoms with van der Waals surface area (Å²) in [5, 5.41) is 0.661. The van der Waals surface area contributed by atoms with Crippen molar-refractivity contribution in [1.82, 2.24) is 0 Å². The van der Waals surface area contributed by atoms with Crippen LogP contribution in [0.1, 0.15) is 11.1 Å². The average Bonchev–Trinajstić information content (AvgIpc) is 3.02. The minimum atomic E-state index is -0.571. The highest BCUT2D eigenvalue weighted by Crippen LogP contribution is 2.26. The molecule has 0 saturated heterocycles. The van der Waals surface area contributed by atoms with Crippen molar-refractivity contribution < 1.29 is 18.7 Å². The molecule has 0 fully saturated rings. The van der Waals surface area contributed by atoms with E-state index in [0.29, 0.717) is 27.8 Å². The Morgan fingerprint density at radius 1 is 1.04 bits per heavy atom. The lowest BCUT2D eigenvalue weighted by Gasteiger charge is -2.04. The highest BCUT2D eigenvalue weighted by molar-refractivity contribution is 6.13. The predicted octanol–water partition coefficient (Wildman–Crippen LogP) is 3.15. The zero-order valence-corrected chi connectivity index (χ0v) is 13.8. The zero-order valence-electron chi connectivity index (χ0n) is 13.8. The summed E-state index contributed by atoms with van der Waals surface area (Å²) in [5.41, 5.74) is 1.17. The zero-order chi connectivity index (χ0) is 18.1. The van der Waals surface area contributed by atoms with E-state index in [1.165, 1.54) is 19.3 Å². The van der Waals surface area contributed by atoms with Crippen LogP contribution < -0.4 is 10.4 Å². The van der Waals surface area contributed by atoms with E-state index >= 15 is 0 Å². The molecule has 6 heteroatoms. The molecule has 0 saturated carbocycles. The second-order valence-corrected chi connectivity index (χ2v) is 5.58. The summed E-state index contributed by atoms with van der Waals surface area (Å²) in [7, 11) is 1.53. The normalized spacial score (nSPS) is 15.2. The number of ether oxygens (including phenoxy) is 2. The van der Waals surface area contributed by atoms with Crippen molar-refractivity contribution in [2.45, 2.75) is 0 Å². The van der Waals surface area contributed by atoms with E-state index in [1.54, 1.807) is 30.3 Å². The lowest BCUT2D eigenvalue weighted by atomic mass is 10.1.